The molecule has 102 valence electrons. The lowest BCUT2D eigenvalue weighted by Gasteiger charge is -2.13. The topological polar surface area (TPSA) is 68.4 Å². The highest BCUT2D eigenvalue weighted by Crippen LogP contribution is 2.26. The number of pyridine rings is 1. The Morgan fingerprint density at radius 3 is 2.89 bits per heavy atom. The van der Waals surface area contributed by atoms with E-state index < -0.39 is 0 Å². The first kappa shape index (κ1) is 14.1. The van der Waals surface area contributed by atoms with E-state index in [0.717, 1.165) is 27.5 Å². The monoisotopic (exact) mass is 324 g/mol. The summed E-state index contributed by atoms with van der Waals surface area (Å²) in [6.45, 7) is 2.68. The van der Waals surface area contributed by atoms with Crippen molar-refractivity contribution in [1.82, 2.24) is 4.98 Å². The van der Waals surface area contributed by atoms with E-state index in [9.17, 15) is 0 Å². The SMILES string of the molecule is CC[C@@H](CO)COc1ccc2cc(Br)c(N)nc2c1. The number of fused-ring (bicyclic) bond motifs is 1. The maximum Gasteiger partial charge on any atom is 0.138 e. The van der Waals surface area contributed by atoms with Crippen LogP contribution in [0.3, 0.4) is 0 Å². The number of benzene rings is 1. The Morgan fingerprint density at radius 2 is 2.21 bits per heavy atom. The van der Waals surface area contributed by atoms with Gasteiger partial charge in [-0.25, -0.2) is 4.98 Å². The van der Waals surface area contributed by atoms with Crippen molar-refractivity contribution in [2.24, 2.45) is 5.92 Å². The molecule has 2 aromatic rings. The number of ether oxygens (including phenoxy) is 1. The summed E-state index contributed by atoms with van der Waals surface area (Å²) >= 11 is 3.36. The summed E-state index contributed by atoms with van der Waals surface area (Å²) in [5.41, 5.74) is 6.57. The molecule has 0 fully saturated rings. The lowest BCUT2D eigenvalue weighted by molar-refractivity contribution is 0.160. The zero-order valence-corrected chi connectivity index (χ0v) is 12.4. The summed E-state index contributed by atoms with van der Waals surface area (Å²) in [6, 6.07) is 7.64. The Kier molecular flexibility index (Phi) is 4.61. The molecule has 0 aliphatic carbocycles. The summed E-state index contributed by atoms with van der Waals surface area (Å²) in [5.74, 6) is 1.37. The predicted molar refractivity (Wildman–Crippen MR) is 80.2 cm³/mol. The lowest BCUT2D eigenvalue weighted by Crippen LogP contribution is -2.14. The molecule has 5 heteroatoms. The van der Waals surface area contributed by atoms with Crippen LogP contribution in [-0.4, -0.2) is 23.3 Å². The molecule has 0 aliphatic rings. The molecule has 19 heavy (non-hydrogen) atoms. The van der Waals surface area contributed by atoms with Crippen LogP contribution in [0.15, 0.2) is 28.7 Å². The number of aromatic nitrogens is 1. The van der Waals surface area contributed by atoms with Gasteiger partial charge in [-0.15, -0.1) is 0 Å². The minimum atomic E-state index is 0.141. The van der Waals surface area contributed by atoms with Crippen LogP contribution in [0.4, 0.5) is 5.82 Å². The molecule has 4 nitrogen and oxygen atoms in total. The molecule has 0 radical (unpaired) electrons. The highest BCUT2D eigenvalue weighted by Gasteiger charge is 2.07. The third kappa shape index (κ3) is 3.36. The van der Waals surface area contributed by atoms with Crippen LogP contribution in [0.2, 0.25) is 0 Å². The highest BCUT2D eigenvalue weighted by molar-refractivity contribution is 9.10. The van der Waals surface area contributed by atoms with Crippen LogP contribution >= 0.6 is 15.9 Å². The Hall–Kier alpha value is -1.33. The average molecular weight is 325 g/mol. The molecular weight excluding hydrogens is 308 g/mol. The van der Waals surface area contributed by atoms with Crippen LogP contribution in [0.5, 0.6) is 5.75 Å². The van der Waals surface area contributed by atoms with Crippen LogP contribution in [0.1, 0.15) is 13.3 Å². The maximum absolute atomic E-state index is 9.13. The van der Waals surface area contributed by atoms with Crippen molar-refractivity contribution in [3.8, 4) is 5.75 Å². The van der Waals surface area contributed by atoms with Gasteiger partial charge in [0.25, 0.3) is 0 Å². The summed E-state index contributed by atoms with van der Waals surface area (Å²) in [4.78, 5) is 4.30. The number of rotatable bonds is 5. The zero-order chi connectivity index (χ0) is 13.8. The smallest absolute Gasteiger partial charge is 0.138 e. The van der Waals surface area contributed by atoms with Gasteiger partial charge in [-0.2, -0.15) is 0 Å². The molecule has 0 amide bonds. The molecule has 1 aromatic carbocycles. The molecular formula is C14H17BrN2O2. The molecule has 1 heterocycles. The molecule has 0 unspecified atom stereocenters. The number of aliphatic hydroxyl groups is 1. The Labute approximate surface area is 120 Å². The van der Waals surface area contributed by atoms with Crippen molar-refractivity contribution in [3.63, 3.8) is 0 Å². The van der Waals surface area contributed by atoms with Gasteiger partial charge in [0.15, 0.2) is 0 Å². The van der Waals surface area contributed by atoms with Crippen molar-refractivity contribution in [2.75, 3.05) is 18.9 Å². The van der Waals surface area contributed by atoms with E-state index in [1.54, 1.807) is 0 Å². The van der Waals surface area contributed by atoms with Crippen molar-refractivity contribution in [2.45, 2.75) is 13.3 Å². The van der Waals surface area contributed by atoms with Crippen LogP contribution in [0, 0.1) is 5.92 Å². The van der Waals surface area contributed by atoms with Gasteiger partial charge in [0.05, 0.1) is 16.6 Å². The van der Waals surface area contributed by atoms with Crippen molar-refractivity contribution >= 4 is 32.7 Å². The second kappa shape index (κ2) is 6.21. The molecule has 2 rings (SSSR count). The van der Waals surface area contributed by atoms with Gasteiger partial charge in [-0.1, -0.05) is 6.92 Å². The predicted octanol–water partition coefficient (Wildman–Crippen LogP) is 2.98. The average Bonchev–Trinajstić information content (AvgIpc) is 2.41. The molecule has 3 N–H and O–H groups in total. The molecule has 0 saturated carbocycles. The summed E-state index contributed by atoms with van der Waals surface area (Å²) in [5, 5.41) is 10.1. The summed E-state index contributed by atoms with van der Waals surface area (Å²) < 4.78 is 6.47. The van der Waals surface area contributed by atoms with E-state index in [2.05, 4.69) is 20.9 Å². The fourth-order valence-electron chi connectivity index (χ4n) is 1.74. The number of halogens is 1. The van der Waals surface area contributed by atoms with Gasteiger partial charge in [-0.05, 0) is 40.5 Å². The first-order chi connectivity index (χ1) is 9.13. The molecule has 0 saturated heterocycles. The number of hydrogen-bond donors (Lipinski definition) is 2. The second-order valence-corrected chi connectivity index (χ2v) is 5.33. The van der Waals surface area contributed by atoms with E-state index in [0.29, 0.717) is 12.4 Å². The van der Waals surface area contributed by atoms with Crippen LogP contribution < -0.4 is 10.5 Å². The van der Waals surface area contributed by atoms with Gasteiger partial charge in [0.1, 0.15) is 11.6 Å². The molecule has 0 aliphatic heterocycles. The maximum atomic E-state index is 9.13. The number of nitrogens with zero attached hydrogens (tertiary/aromatic N) is 1. The fourth-order valence-corrected chi connectivity index (χ4v) is 2.07. The Morgan fingerprint density at radius 1 is 1.42 bits per heavy atom. The van der Waals surface area contributed by atoms with Crippen molar-refractivity contribution in [3.05, 3.63) is 28.7 Å². The minimum absolute atomic E-state index is 0.141. The van der Waals surface area contributed by atoms with E-state index in [1.807, 2.05) is 31.2 Å². The third-order valence-electron chi connectivity index (χ3n) is 3.09. The summed E-state index contributed by atoms with van der Waals surface area (Å²) in [6.07, 6.45) is 0.891. The Balaban J connectivity index is 2.19. The largest absolute Gasteiger partial charge is 0.493 e. The third-order valence-corrected chi connectivity index (χ3v) is 3.73. The molecule has 0 bridgehead atoms. The van der Waals surface area contributed by atoms with Gasteiger partial charge in [0, 0.05) is 24.0 Å². The zero-order valence-electron chi connectivity index (χ0n) is 10.8. The number of nitrogen functional groups attached to an aromatic ring is 1. The first-order valence-electron chi connectivity index (χ1n) is 6.23. The molecule has 1 aromatic heterocycles. The van der Waals surface area contributed by atoms with Gasteiger partial charge in [-0.3, -0.25) is 0 Å². The van der Waals surface area contributed by atoms with E-state index in [-0.39, 0.29) is 12.5 Å². The number of anilines is 1. The lowest BCUT2D eigenvalue weighted by atomic mass is 10.1. The molecule has 0 spiro atoms. The van der Waals surface area contributed by atoms with E-state index in [1.165, 1.54) is 0 Å². The quantitative estimate of drug-likeness (QED) is 0.887. The highest BCUT2D eigenvalue weighted by atomic mass is 79.9. The second-order valence-electron chi connectivity index (χ2n) is 4.48. The van der Waals surface area contributed by atoms with Gasteiger partial charge in [0.2, 0.25) is 0 Å². The van der Waals surface area contributed by atoms with Crippen molar-refractivity contribution in [1.29, 1.82) is 0 Å². The minimum Gasteiger partial charge on any atom is -0.493 e. The Bertz CT molecular complexity index is 571. The van der Waals surface area contributed by atoms with E-state index in [4.69, 9.17) is 15.6 Å². The van der Waals surface area contributed by atoms with Crippen molar-refractivity contribution < 1.29 is 9.84 Å². The van der Waals surface area contributed by atoms with Gasteiger partial charge < -0.3 is 15.6 Å². The van der Waals surface area contributed by atoms with Crippen LogP contribution in [0.25, 0.3) is 10.9 Å². The number of aliphatic hydroxyl groups excluding tert-OH is 1. The number of hydrogen-bond acceptors (Lipinski definition) is 4. The van der Waals surface area contributed by atoms with Gasteiger partial charge >= 0.3 is 0 Å². The standard InChI is InChI=1S/C14H17BrN2O2/c1-2-9(7-18)8-19-11-4-3-10-5-12(15)14(16)17-13(10)6-11/h3-6,9,18H,2,7-8H2,1H3,(H2,16,17)/t9-/m0/s1. The molecule has 1 atom stereocenters. The van der Waals surface area contributed by atoms with E-state index >= 15 is 0 Å². The fraction of sp³-hybridized carbons (Fsp3) is 0.357. The first-order valence-corrected chi connectivity index (χ1v) is 7.02. The van der Waals surface area contributed by atoms with Crippen LogP contribution in [-0.2, 0) is 0 Å². The summed E-state index contributed by atoms with van der Waals surface area (Å²) in [7, 11) is 0. The normalized spacial score (nSPS) is 12.6. The number of nitrogens with two attached hydrogens (primary N) is 1.